The van der Waals surface area contributed by atoms with Crippen LogP contribution in [0.15, 0.2) is 59.5 Å². The molecule has 1 aliphatic heterocycles. The van der Waals surface area contributed by atoms with Crippen molar-refractivity contribution in [3.63, 3.8) is 0 Å². The number of thiocarbonyl (C=S) groups is 1. The fraction of sp³-hybridized carbons (Fsp3) is 0. The smallest absolute Gasteiger partial charge is 0.270 e. The van der Waals surface area contributed by atoms with Crippen molar-refractivity contribution in [2.24, 2.45) is 0 Å². The number of carbonyl (C=O) groups excluding carboxylic acids is 2. The summed E-state index contributed by atoms with van der Waals surface area (Å²) in [6, 6.07) is 16.1. The number of anilines is 1. The Hall–Kier alpha value is -1.95. The van der Waals surface area contributed by atoms with E-state index in [9.17, 15) is 9.59 Å². The lowest BCUT2D eigenvalue weighted by atomic mass is 10.2. The third-order valence-corrected chi connectivity index (χ3v) is 4.74. The van der Waals surface area contributed by atoms with Gasteiger partial charge in [0.2, 0.25) is 0 Å². The van der Waals surface area contributed by atoms with Crippen LogP contribution in [0.5, 0.6) is 0 Å². The molecule has 1 heterocycles. The predicted molar refractivity (Wildman–Crippen MR) is 98.7 cm³/mol. The number of rotatable bonds is 3. The Morgan fingerprint density at radius 1 is 1.13 bits per heavy atom. The molecule has 1 amide bonds. The largest absolute Gasteiger partial charge is 0.276 e. The zero-order valence-electron chi connectivity index (χ0n) is 11.7. The van der Waals surface area contributed by atoms with Crippen LogP contribution >= 0.6 is 35.6 Å². The maximum atomic E-state index is 12.6. The highest BCUT2D eigenvalue weighted by molar-refractivity contribution is 8.27. The summed E-state index contributed by atoms with van der Waals surface area (Å²) in [4.78, 5) is 25.9. The average Bonchev–Trinajstić information content (AvgIpc) is 2.82. The summed E-state index contributed by atoms with van der Waals surface area (Å²) in [7, 11) is 0. The highest BCUT2D eigenvalue weighted by atomic mass is 35.5. The Bertz CT molecular complexity index is 833. The molecule has 0 unspecified atom stereocenters. The topological polar surface area (TPSA) is 37.4 Å². The van der Waals surface area contributed by atoms with Crippen LogP contribution in [0.3, 0.4) is 0 Å². The summed E-state index contributed by atoms with van der Waals surface area (Å²) in [5.74, 6) is -0.206. The molecule has 0 aromatic heterocycles. The standard InChI is InChI=1S/C17H10ClNO2S2/c18-15(20)12-7-4-8-13(10-12)19-16(21)14(23-17(19)22)9-11-5-2-1-3-6-11/h1-10H/b14-9-. The van der Waals surface area contributed by atoms with Crippen molar-refractivity contribution in [3.8, 4) is 0 Å². The highest BCUT2D eigenvalue weighted by Crippen LogP contribution is 2.36. The second kappa shape index (κ2) is 6.66. The van der Waals surface area contributed by atoms with Gasteiger partial charge < -0.3 is 0 Å². The number of benzene rings is 2. The normalized spacial score (nSPS) is 16.2. The number of hydrogen-bond donors (Lipinski definition) is 0. The van der Waals surface area contributed by atoms with Gasteiger partial charge in [0.05, 0.1) is 10.6 Å². The Labute approximate surface area is 147 Å². The van der Waals surface area contributed by atoms with E-state index in [2.05, 4.69) is 0 Å². The Balaban J connectivity index is 1.95. The minimum Gasteiger partial charge on any atom is -0.276 e. The Morgan fingerprint density at radius 2 is 1.87 bits per heavy atom. The van der Waals surface area contributed by atoms with E-state index in [0.29, 0.717) is 20.5 Å². The van der Waals surface area contributed by atoms with Crippen LogP contribution in [0.4, 0.5) is 5.69 Å². The first-order chi connectivity index (χ1) is 11.1. The second-order valence-corrected chi connectivity index (χ2v) is 6.77. The monoisotopic (exact) mass is 359 g/mol. The van der Waals surface area contributed by atoms with Gasteiger partial charge in [-0.1, -0.05) is 60.4 Å². The summed E-state index contributed by atoms with van der Waals surface area (Å²) >= 11 is 12.0. The molecule has 0 radical (unpaired) electrons. The summed E-state index contributed by atoms with van der Waals surface area (Å²) in [6.45, 7) is 0. The number of halogens is 1. The van der Waals surface area contributed by atoms with E-state index in [1.807, 2.05) is 30.3 Å². The van der Waals surface area contributed by atoms with Crippen molar-refractivity contribution in [3.05, 3.63) is 70.6 Å². The molecule has 1 fully saturated rings. The molecule has 0 saturated carbocycles. The van der Waals surface area contributed by atoms with E-state index in [1.54, 1.807) is 30.3 Å². The molecular weight excluding hydrogens is 350 g/mol. The number of hydrogen-bond acceptors (Lipinski definition) is 4. The van der Waals surface area contributed by atoms with Crippen LogP contribution in [0, 0.1) is 0 Å². The molecular formula is C17H10ClNO2S2. The molecule has 3 rings (SSSR count). The van der Waals surface area contributed by atoms with E-state index >= 15 is 0 Å². The number of thioether (sulfide) groups is 1. The van der Waals surface area contributed by atoms with Gasteiger partial charge in [-0.15, -0.1) is 0 Å². The number of carbonyl (C=O) groups is 2. The van der Waals surface area contributed by atoms with Crippen LogP contribution < -0.4 is 4.90 Å². The van der Waals surface area contributed by atoms with E-state index in [-0.39, 0.29) is 5.91 Å². The predicted octanol–water partition coefficient (Wildman–Crippen LogP) is 4.47. The van der Waals surface area contributed by atoms with Gasteiger partial charge in [-0.2, -0.15) is 0 Å². The molecule has 0 N–H and O–H groups in total. The second-order valence-electron chi connectivity index (χ2n) is 4.75. The van der Waals surface area contributed by atoms with Crippen molar-refractivity contribution in [1.82, 2.24) is 0 Å². The van der Waals surface area contributed by atoms with Gasteiger partial charge in [-0.05, 0) is 41.4 Å². The van der Waals surface area contributed by atoms with Gasteiger partial charge in [0, 0.05) is 5.56 Å². The van der Waals surface area contributed by atoms with Crippen LogP contribution in [0.1, 0.15) is 15.9 Å². The Morgan fingerprint density at radius 3 is 2.57 bits per heavy atom. The highest BCUT2D eigenvalue weighted by Gasteiger charge is 2.33. The molecule has 2 aromatic carbocycles. The summed E-state index contributed by atoms with van der Waals surface area (Å²) in [6.07, 6.45) is 1.80. The lowest BCUT2D eigenvalue weighted by Crippen LogP contribution is -2.27. The molecule has 1 aliphatic rings. The van der Waals surface area contributed by atoms with Crippen molar-refractivity contribution in [2.45, 2.75) is 0 Å². The number of amides is 1. The van der Waals surface area contributed by atoms with E-state index in [0.717, 1.165) is 5.56 Å². The first-order valence-electron chi connectivity index (χ1n) is 6.69. The molecule has 3 nitrogen and oxygen atoms in total. The maximum Gasteiger partial charge on any atom is 0.270 e. The van der Waals surface area contributed by atoms with Crippen molar-refractivity contribution in [1.29, 1.82) is 0 Å². The molecule has 114 valence electrons. The van der Waals surface area contributed by atoms with Gasteiger partial charge in [0.25, 0.3) is 11.1 Å². The molecule has 0 spiro atoms. The fourth-order valence-corrected chi connectivity index (χ4v) is 3.57. The molecule has 0 aliphatic carbocycles. The lowest BCUT2D eigenvalue weighted by molar-refractivity contribution is -0.113. The van der Waals surface area contributed by atoms with Gasteiger partial charge in [0.15, 0.2) is 4.32 Å². The minimum absolute atomic E-state index is 0.206. The molecule has 0 bridgehead atoms. The van der Waals surface area contributed by atoms with Gasteiger partial charge in [0.1, 0.15) is 0 Å². The minimum atomic E-state index is -0.572. The first-order valence-corrected chi connectivity index (χ1v) is 8.29. The van der Waals surface area contributed by atoms with E-state index in [4.69, 9.17) is 23.8 Å². The Kier molecular flexibility index (Phi) is 4.61. The van der Waals surface area contributed by atoms with Crippen molar-refractivity contribution < 1.29 is 9.59 Å². The van der Waals surface area contributed by atoms with E-state index < -0.39 is 5.24 Å². The van der Waals surface area contributed by atoms with Gasteiger partial charge >= 0.3 is 0 Å². The van der Waals surface area contributed by atoms with Crippen LogP contribution in [0.2, 0.25) is 0 Å². The quantitative estimate of drug-likeness (QED) is 0.460. The zero-order valence-corrected chi connectivity index (χ0v) is 14.1. The molecule has 6 heteroatoms. The molecule has 0 atom stereocenters. The maximum absolute atomic E-state index is 12.6. The third kappa shape index (κ3) is 3.37. The zero-order chi connectivity index (χ0) is 16.4. The molecule has 23 heavy (non-hydrogen) atoms. The SMILES string of the molecule is O=C(Cl)c1cccc(N2C(=O)/C(=C/c3ccccc3)SC2=S)c1. The van der Waals surface area contributed by atoms with Crippen LogP contribution in [0.25, 0.3) is 6.08 Å². The lowest BCUT2D eigenvalue weighted by Gasteiger charge is -2.14. The van der Waals surface area contributed by atoms with E-state index in [1.165, 1.54) is 16.7 Å². The average molecular weight is 360 g/mol. The van der Waals surface area contributed by atoms with Crippen molar-refractivity contribution in [2.75, 3.05) is 4.90 Å². The first kappa shape index (κ1) is 15.9. The summed E-state index contributed by atoms with van der Waals surface area (Å²) in [5, 5.41) is -0.572. The van der Waals surface area contributed by atoms with Crippen LogP contribution in [-0.2, 0) is 4.79 Å². The van der Waals surface area contributed by atoms with Crippen LogP contribution in [-0.4, -0.2) is 15.5 Å². The summed E-state index contributed by atoms with van der Waals surface area (Å²) < 4.78 is 0.427. The molecule has 2 aromatic rings. The van der Waals surface area contributed by atoms with Gasteiger partial charge in [-0.3, -0.25) is 14.5 Å². The third-order valence-electron chi connectivity index (χ3n) is 3.22. The van der Waals surface area contributed by atoms with Gasteiger partial charge in [-0.25, -0.2) is 0 Å². The number of nitrogens with zero attached hydrogens (tertiary/aromatic N) is 1. The fourth-order valence-electron chi connectivity index (χ4n) is 2.16. The van der Waals surface area contributed by atoms with Crippen molar-refractivity contribution >= 4 is 62.8 Å². The molecule has 1 saturated heterocycles. The summed E-state index contributed by atoms with van der Waals surface area (Å²) in [5.41, 5.74) is 1.79.